The number of nitro benzene ring substituents is 2. The van der Waals surface area contributed by atoms with Crippen molar-refractivity contribution >= 4 is 39.0 Å². The van der Waals surface area contributed by atoms with Gasteiger partial charge in [0.2, 0.25) is 0 Å². The predicted molar refractivity (Wildman–Crippen MR) is 138 cm³/mol. The fourth-order valence-electron chi connectivity index (χ4n) is 3.45. The molecule has 0 saturated heterocycles. The molecule has 0 aliphatic heterocycles. The van der Waals surface area contributed by atoms with Gasteiger partial charge in [0.05, 0.1) is 26.0 Å². The fraction of sp³-hybridized carbons (Fsp3) is 0. The number of anilines is 1. The van der Waals surface area contributed by atoms with Crippen molar-refractivity contribution in [3.05, 3.63) is 134 Å². The first-order valence-electron chi connectivity index (χ1n) is 11.1. The van der Waals surface area contributed by atoms with Gasteiger partial charge in [0.25, 0.3) is 27.3 Å². The van der Waals surface area contributed by atoms with Crippen molar-refractivity contribution in [1.82, 2.24) is 0 Å². The smallest absolute Gasteiger partial charge is 0.343 e. The number of sulfonamides is 1. The van der Waals surface area contributed by atoms with E-state index in [0.717, 1.165) is 60.7 Å². The Balaban J connectivity index is 1.67. The predicted octanol–water partition coefficient (Wildman–Crippen LogP) is 4.90. The lowest BCUT2D eigenvalue weighted by atomic mass is 10.2. The molecule has 0 radical (unpaired) electrons. The number of ether oxygens (including phenoxy) is 1. The lowest BCUT2D eigenvalue weighted by Gasteiger charge is -2.23. The van der Waals surface area contributed by atoms with E-state index in [0.29, 0.717) is 4.31 Å². The minimum atomic E-state index is -4.61. The second-order valence-electron chi connectivity index (χ2n) is 8.02. The van der Waals surface area contributed by atoms with Crippen molar-refractivity contribution in [1.29, 1.82) is 0 Å². The van der Waals surface area contributed by atoms with Crippen molar-refractivity contribution in [2.75, 3.05) is 4.31 Å². The van der Waals surface area contributed by atoms with Gasteiger partial charge in [-0.15, -0.1) is 0 Å². The topological polar surface area (TPSA) is 167 Å². The highest BCUT2D eigenvalue weighted by Crippen LogP contribution is 2.29. The van der Waals surface area contributed by atoms with Crippen LogP contribution in [0.3, 0.4) is 0 Å². The van der Waals surface area contributed by atoms with E-state index in [9.17, 15) is 42.6 Å². The zero-order valence-corrected chi connectivity index (χ0v) is 20.9. The molecule has 4 aromatic rings. The van der Waals surface area contributed by atoms with Crippen LogP contribution in [0.1, 0.15) is 20.7 Å². The Morgan fingerprint density at radius 3 is 1.65 bits per heavy atom. The number of non-ortho nitro benzene ring substituents is 2. The third-order valence-electron chi connectivity index (χ3n) is 5.46. The van der Waals surface area contributed by atoms with Gasteiger partial charge in [-0.1, -0.05) is 0 Å². The average Bonchev–Trinajstić information content (AvgIpc) is 2.94. The van der Waals surface area contributed by atoms with Crippen LogP contribution in [0.15, 0.2) is 102 Å². The summed E-state index contributed by atoms with van der Waals surface area (Å²) in [5.41, 5.74) is -0.888. The highest BCUT2D eigenvalue weighted by Gasteiger charge is 2.32. The molecule has 12 nitrogen and oxygen atoms in total. The number of nitro groups is 2. The molecule has 40 heavy (non-hydrogen) atoms. The summed E-state index contributed by atoms with van der Waals surface area (Å²) >= 11 is 0. The van der Waals surface area contributed by atoms with Crippen LogP contribution >= 0.6 is 0 Å². The number of hydrogen-bond acceptors (Lipinski definition) is 9. The number of halogens is 1. The molecule has 4 aromatic carbocycles. The molecule has 0 spiro atoms. The molecule has 202 valence electrons. The molecule has 0 fully saturated rings. The SMILES string of the molecule is O=C(Oc1ccc(N(C(=O)c2ccc([N+](=O)[O-])cc2)S(=O)(=O)c2ccc(F)cc2)cc1)c1ccc([N+](=O)[O-])cc1. The average molecular weight is 565 g/mol. The van der Waals surface area contributed by atoms with Gasteiger partial charge in [-0.2, -0.15) is 4.31 Å². The van der Waals surface area contributed by atoms with Gasteiger partial charge >= 0.3 is 5.97 Å². The third kappa shape index (κ3) is 5.81. The summed E-state index contributed by atoms with van der Waals surface area (Å²) in [5.74, 6) is -2.64. The van der Waals surface area contributed by atoms with E-state index in [-0.39, 0.29) is 33.9 Å². The van der Waals surface area contributed by atoms with E-state index in [1.807, 2.05) is 0 Å². The largest absolute Gasteiger partial charge is 0.423 e. The Labute approximate surface area is 225 Å². The monoisotopic (exact) mass is 565 g/mol. The number of esters is 1. The number of rotatable bonds is 8. The van der Waals surface area contributed by atoms with Gasteiger partial charge < -0.3 is 4.74 Å². The summed E-state index contributed by atoms with van der Waals surface area (Å²) in [4.78, 5) is 45.9. The van der Waals surface area contributed by atoms with Crippen molar-refractivity contribution < 1.29 is 37.0 Å². The van der Waals surface area contributed by atoms with Crippen molar-refractivity contribution in [2.24, 2.45) is 0 Å². The molecule has 1 amide bonds. The van der Waals surface area contributed by atoms with Crippen molar-refractivity contribution in [2.45, 2.75) is 4.90 Å². The van der Waals surface area contributed by atoms with Gasteiger partial charge in [0, 0.05) is 29.8 Å². The first-order valence-corrected chi connectivity index (χ1v) is 12.6. The van der Waals surface area contributed by atoms with Crippen LogP contribution in [0.25, 0.3) is 0 Å². The van der Waals surface area contributed by atoms with E-state index in [1.54, 1.807) is 0 Å². The summed E-state index contributed by atoms with van der Waals surface area (Å²) in [5, 5.41) is 21.8. The Bertz CT molecular complexity index is 1710. The number of nitrogens with zero attached hydrogens (tertiary/aromatic N) is 3. The van der Waals surface area contributed by atoms with Gasteiger partial charge in [-0.25, -0.2) is 17.6 Å². The summed E-state index contributed by atoms with van der Waals surface area (Å²) < 4.78 is 46.1. The second kappa shape index (κ2) is 11.1. The lowest BCUT2D eigenvalue weighted by molar-refractivity contribution is -0.385. The maximum Gasteiger partial charge on any atom is 0.343 e. The molecular weight excluding hydrogens is 549 g/mol. The quantitative estimate of drug-likeness (QED) is 0.125. The van der Waals surface area contributed by atoms with E-state index < -0.39 is 42.5 Å². The Morgan fingerprint density at radius 2 is 1.18 bits per heavy atom. The van der Waals surface area contributed by atoms with Crippen molar-refractivity contribution in [3.63, 3.8) is 0 Å². The second-order valence-corrected chi connectivity index (χ2v) is 9.81. The standard InChI is InChI=1S/C26H16FN3O9S/c27-19-5-15-24(16-6-19)40(37,38)28(25(31)17-1-7-21(8-2-17)29(33)34)20-11-13-23(14-12-20)39-26(32)18-3-9-22(10-4-18)30(35)36/h1-16H. The first-order chi connectivity index (χ1) is 19.0. The molecule has 14 heteroatoms. The van der Waals surface area contributed by atoms with Crippen LogP contribution in [-0.2, 0) is 10.0 Å². The molecule has 4 rings (SSSR count). The van der Waals surface area contributed by atoms with Crippen LogP contribution in [0.2, 0.25) is 0 Å². The van der Waals surface area contributed by atoms with Gasteiger partial charge in [-0.05, 0) is 72.8 Å². The van der Waals surface area contributed by atoms with E-state index in [2.05, 4.69) is 0 Å². The van der Waals surface area contributed by atoms with Crippen LogP contribution in [-0.4, -0.2) is 30.1 Å². The molecule has 0 N–H and O–H groups in total. The molecule has 0 heterocycles. The highest BCUT2D eigenvalue weighted by atomic mass is 32.2. The Hall–Kier alpha value is -5.50. The van der Waals surface area contributed by atoms with Gasteiger partial charge in [0.15, 0.2) is 0 Å². The molecule has 0 bridgehead atoms. The number of hydrogen-bond donors (Lipinski definition) is 0. The van der Waals surface area contributed by atoms with Crippen LogP contribution in [0.4, 0.5) is 21.5 Å². The van der Waals surface area contributed by atoms with Gasteiger partial charge in [-0.3, -0.25) is 25.0 Å². The number of carbonyl (C=O) groups excluding carboxylic acids is 2. The summed E-state index contributed by atoms with van der Waals surface area (Å²) in [6.07, 6.45) is 0. The maximum absolute atomic E-state index is 13.5. The van der Waals surface area contributed by atoms with Crippen LogP contribution < -0.4 is 9.04 Å². The minimum Gasteiger partial charge on any atom is -0.423 e. The van der Waals surface area contributed by atoms with Crippen LogP contribution in [0.5, 0.6) is 5.75 Å². The number of benzene rings is 4. The minimum absolute atomic E-state index is 0.0172. The lowest BCUT2D eigenvalue weighted by Crippen LogP contribution is -2.37. The molecule has 0 atom stereocenters. The Kier molecular flexibility index (Phi) is 7.63. The molecule has 0 aromatic heterocycles. The summed E-state index contributed by atoms with van der Waals surface area (Å²) in [7, 11) is -4.61. The zero-order chi connectivity index (χ0) is 29.0. The normalized spacial score (nSPS) is 10.9. The Morgan fingerprint density at radius 1 is 0.700 bits per heavy atom. The van der Waals surface area contributed by atoms with E-state index >= 15 is 0 Å². The zero-order valence-electron chi connectivity index (χ0n) is 20.0. The first kappa shape index (κ1) is 27.5. The third-order valence-corrected chi connectivity index (χ3v) is 7.18. The molecule has 0 aliphatic carbocycles. The highest BCUT2D eigenvalue weighted by molar-refractivity contribution is 7.93. The van der Waals surface area contributed by atoms with Gasteiger partial charge in [0.1, 0.15) is 11.6 Å². The van der Waals surface area contributed by atoms with E-state index in [1.165, 1.54) is 36.4 Å². The van der Waals surface area contributed by atoms with Crippen molar-refractivity contribution in [3.8, 4) is 5.75 Å². The molecule has 0 unspecified atom stereocenters. The number of carbonyl (C=O) groups is 2. The summed E-state index contributed by atoms with van der Waals surface area (Å²) in [6.45, 7) is 0. The van der Waals surface area contributed by atoms with Crippen LogP contribution in [0, 0.1) is 26.0 Å². The van der Waals surface area contributed by atoms with E-state index in [4.69, 9.17) is 4.74 Å². The maximum atomic E-state index is 13.5. The fourth-order valence-corrected chi connectivity index (χ4v) is 4.87. The molecule has 0 aliphatic rings. The molecular formula is C26H16FN3O9S. The summed E-state index contributed by atoms with van der Waals surface area (Å²) in [6, 6.07) is 17.5. The molecule has 0 saturated carbocycles. The number of amides is 1.